The van der Waals surface area contributed by atoms with E-state index < -0.39 is 0 Å². The van der Waals surface area contributed by atoms with Gasteiger partial charge >= 0.3 is 0 Å². The second-order valence-electron chi connectivity index (χ2n) is 19.4. The molecule has 0 aliphatic carbocycles. The molecule has 16 aromatic carbocycles. The lowest BCUT2D eigenvalue weighted by Crippen LogP contribution is -1.93. The van der Waals surface area contributed by atoms with Crippen LogP contribution in [-0.4, -0.2) is 0 Å². The van der Waals surface area contributed by atoms with Crippen LogP contribution in [0.5, 0.6) is 57.5 Å². The van der Waals surface area contributed by atoms with Crippen molar-refractivity contribution in [3.05, 3.63) is 243 Å². The van der Waals surface area contributed by atoms with Crippen molar-refractivity contribution in [2.24, 2.45) is 0 Å². The molecule has 0 saturated carbocycles. The first-order chi connectivity index (χ1) is 37.2. The fourth-order valence-corrected chi connectivity index (χ4v) is 11.8. The third-order valence-electron chi connectivity index (χ3n) is 15.1. The molecule has 0 spiro atoms. The van der Waals surface area contributed by atoms with Crippen LogP contribution >= 0.6 is 0 Å². The Kier molecular flexibility index (Phi) is 8.97. The number of hydrogen-bond acceptors (Lipinski definition) is 5. The van der Waals surface area contributed by atoms with Crippen LogP contribution in [0.1, 0.15) is 0 Å². The van der Waals surface area contributed by atoms with Crippen LogP contribution in [0.4, 0.5) is 0 Å². The number of rotatable bonds is 10. The molecule has 0 heterocycles. The van der Waals surface area contributed by atoms with Crippen molar-refractivity contribution >= 4 is 108 Å². The van der Waals surface area contributed by atoms with Gasteiger partial charge in [-0.15, -0.1) is 0 Å². The van der Waals surface area contributed by atoms with Gasteiger partial charge in [-0.1, -0.05) is 182 Å². The number of hydrogen-bond donors (Lipinski definition) is 0. The molecule has 0 aliphatic heterocycles. The highest BCUT2D eigenvalue weighted by Gasteiger charge is 2.31. The molecule has 5 heteroatoms. The van der Waals surface area contributed by atoms with Gasteiger partial charge in [0.25, 0.3) is 0 Å². The predicted octanol–water partition coefficient (Wildman–Crippen LogP) is 20.5. The zero-order valence-electron chi connectivity index (χ0n) is 40.1. The standard InChI is InChI=1S/C70H40O5/c1-6-26-46-41(16-1)21-11-31-56(46)71-61-36-52-63(73-58-33-13-23-43-18-3-8-28-48(43)58)38-54-65(75-60-35-15-25-45-20-5-10-30-50(45)60)40-55-64(74-59-34-14-24-44-19-4-9-29-49(44)59)39-53-62(37-51(61)66-67(52)69(54)70(55)68(53)66)72-57-32-12-22-42-17-2-7-27-47(42)57/h1-40H. The van der Waals surface area contributed by atoms with Crippen LogP contribution < -0.4 is 23.7 Å². The highest BCUT2D eigenvalue weighted by atomic mass is 16.5. The van der Waals surface area contributed by atoms with Crippen molar-refractivity contribution in [1.82, 2.24) is 0 Å². The quantitative estimate of drug-likeness (QED) is 0.128. The molecule has 0 saturated heterocycles. The SMILES string of the molecule is c1ccc2c(Oc3cc4c(Oc5cccc6ccccc56)cc5c(Oc6cccc7ccccc67)cc6c(Oc7cccc8ccccc78)cc7c(Oc8cccc9ccccc89)cc3c3c7c6c5c43)cccc2c1. The van der Waals surface area contributed by atoms with Crippen molar-refractivity contribution in [2.75, 3.05) is 0 Å². The first-order valence-corrected chi connectivity index (χ1v) is 25.3. The van der Waals surface area contributed by atoms with E-state index >= 15 is 0 Å². The third kappa shape index (κ3) is 6.45. The molecule has 75 heavy (non-hydrogen) atoms. The van der Waals surface area contributed by atoms with Gasteiger partial charge in [-0.25, -0.2) is 0 Å². The summed E-state index contributed by atoms with van der Waals surface area (Å²) in [6, 6.07) is 83.7. The summed E-state index contributed by atoms with van der Waals surface area (Å²) < 4.78 is 36.6. The molecule has 350 valence electrons. The topological polar surface area (TPSA) is 46.2 Å². The minimum atomic E-state index is 0.671. The normalized spacial score (nSPS) is 12.0. The van der Waals surface area contributed by atoms with Crippen LogP contribution in [0.25, 0.3) is 108 Å². The van der Waals surface area contributed by atoms with Gasteiger partial charge in [0.15, 0.2) is 0 Å². The van der Waals surface area contributed by atoms with Crippen LogP contribution in [0, 0.1) is 0 Å². The summed E-state index contributed by atoms with van der Waals surface area (Å²) in [5.41, 5.74) is 0. The van der Waals surface area contributed by atoms with Gasteiger partial charge in [0.2, 0.25) is 0 Å². The summed E-state index contributed by atoms with van der Waals surface area (Å²) in [7, 11) is 0. The Bertz CT molecular complexity index is 4170. The summed E-state index contributed by atoms with van der Waals surface area (Å²) >= 11 is 0. The van der Waals surface area contributed by atoms with E-state index in [0.717, 1.165) is 136 Å². The lowest BCUT2D eigenvalue weighted by molar-refractivity contribution is 0.486. The minimum Gasteiger partial charge on any atom is -0.456 e. The zero-order chi connectivity index (χ0) is 49.1. The summed E-state index contributed by atoms with van der Waals surface area (Å²) in [5.74, 6) is 7.08. The van der Waals surface area contributed by atoms with Gasteiger partial charge in [0, 0.05) is 80.8 Å². The number of benzene rings is 15. The average Bonchev–Trinajstić information content (AvgIpc) is 4.08. The Morgan fingerprint density at radius 3 is 0.520 bits per heavy atom. The largest absolute Gasteiger partial charge is 0.456 e. The van der Waals surface area contributed by atoms with E-state index in [1.807, 2.05) is 30.3 Å². The Hall–Kier alpha value is -10.1. The fourth-order valence-electron chi connectivity index (χ4n) is 11.8. The molecule has 5 nitrogen and oxygen atoms in total. The first-order valence-electron chi connectivity index (χ1n) is 25.3. The molecule has 16 rings (SSSR count). The molecule has 16 aromatic rings. The molecular weight excluding hydrogens is 921 g/mol. The van der Waals surface area contributed by atoms with Gasteiger partial charge in [0.1, 0.15) is 57.5 Å². The highest BCUT2D eigenvalue weighted by molar-refractivity contribution is 6.47. The van der Waals surface area contributed by atoms with Crippen LogP contribution in [0.3, 0.4) is 0 Å². The molecule has 0 atom stereocenters. The maximum atomic E-state index is 7.32. The van der Waals surface area contributed by atoms with Crippen molar-refractivity contribution in [2.45, 2.75) is 0 Å². The fraction of sp³-hybridized carbons (Fsp3) is 0. The van der Waals surface area contributed by atoms with Gasteiger partial charge in [-0.3, -0.25) is 0 Å². The van der Waals surface area contributed by atoms with E-state index in [9.17, 15) is 0 Å². The highest BCUT2D eigenvalue weighted by Crippen LogP contribution is 2.59. The molecular formula is C70H40O5. The summed E-state index contributed by atoms with van der Waals surface area (Å²) in [6.45, 7) is 0. The lowest BCUT2D eigenvalue weighted by atomic mass is 9.97. The van der Waals surface area contributed by atoms with Gasteiger partial charge in [0.05, 0.1) is 0 Å². The summed E-state index contributed by atoms with van der Waals surface area (Å²) in [6.07, 6.45) is 0. The van der Waals surface area contributed by atoms with E-state index in [1.54, 1.807) is 0 Å². The molecule has 0 N–H and O–H groups in total. The number of fused-ring (bicyclic) bond motifs is 5. The molecule has 0 fully saturated rings. The minimum absolute atomic E-state index is 0.671. The monoisotopic (exact) mass is 960 g/mol. The third-order valence-corrected chi connectivity index (χ3v) is 15.1. The van der Waals surface area contributed by atoms with Gasteiger partial charge < -0.3 is 23.7 Å². The maximum absolute atomic E-state index is 7.32. The predicted molar refractivity (Wildman–Crippen MR) is 308 cm³/mol. The second-order valence-corrected chi connectivity index (χ2v) is 19.4. The van der Waals surface area contributed by atoms with E-state index in [4.69, 9.17) is 23.7 Å². The van der Waals surface area contributed by atoms with Gasteiger partial charge in [-0.05, 0) is 87.6 Å². The number of ether oxygens (including phenoxy) is 5. The smallest absolute Gasteiger partial charge is 0.136 e. The summed E-state index contributed by atoms with van der Waals surface area (Å²) in [4.78, 5) is 0. The van der Waals surface area contributed by atoms with Crippen molar-refractivity contribution in [3.63, 3.8) is 0 Å². The van der Waals surface area contributed by atoms with Gasteiger partial charge in [-0.2, -0.15) is 0 Å². The average molecular weight is 961 g/mol. The van der Waals surface area contributed by atoms with E-state index in [2.05, 4.69) is 212 Å². The molecule has 0 radical (unpaired) electrons. The zero-order valence-corrected chi connectivity index (χ0v) is 40.1. The first kappa shape index (κ1) is 41.5. The second kappa shape index (κ2) is 16.2. The Balaban J connectivity index is 1.05. The van der Waals surface area contributed by atoms with Crippen molar-refractivity contribution in [1.29, 1.82) is 0 Å². The molecule has 0 unspecified atom stereocenters. The van der Waals surface area contributed by atoms with Crippen molar-refractivity contribution < 1.29 is 23.7 Å². The molecule has 0 bridgehead atoms. The van der Waals surface area contributed by atoms with Crippen molar-refractivity contribution in [3.8, 4) is 57.5 Å². The van der Waals surface area contributed by atoms with E-state index in [1.165, 1.54) is 0 Å². The van der Waals surface area contributed by atoms with Crippen LogP contribution in [0.15, 0.2) is 243 Å². The molecule has 0 aliphatic rings. The van der Waals surface area contributed by atoms with E-state index in [-0.39, 0.29) is 0 Å². The van der Waals surface area contributed by atoms with Crippen LogP contribution in [-0.2, 0) is 0 Å². The Morgan fingerprint density at radius 2 is 0.320 bits per heavy atom. The Labute approximate surface area is 429 Å². The van der Waals surface area contributed by atoms with Crippen LogP contribution in [0.2, 0.25) is 0 Å². The summed E-state index contributed by atoms with van der Waals surface area (Å²) in [5, 5.41) is 20.2. The molecule has 0 amide bonds. The Morgan fingerprint density at radius 1 is 0.147 bits per heavy atom. The van der Waals surface area contributed by atoms with E-state index in [0.29, 0.717) is 28.7 Å². The maximum Gasteiger partial charge on any atom is 0.136 e. The molecule has 0 aromatic heterocycles. The lowest BCUT2D eigenvalue weighted by Gasteiger charge is -2.18.